The molecule has 2 heteroatoms. The summed E-state index contributed by atoms with van der Waals surface area (Å²) in [4.78, 5) is 0. The second-order valence-corrected chi connectivity index (χ2v) is 11.0. The number of aromatic hydroxyl groups is 1. The molecule has 0 atom stereocenters. The van der Waals surface area contributed by atoms with Crippen molar-refractivity contribution >= 4 is 65.0 Å². The molecule has 0 aliphatic carbocycles. The Bertz CT molecular complexity index is 2530. The molecule has 0 radical (unpaired) electrons. The van der Waals surface area contributed by atoms with Crippen LogP contribution in [0.1, 0.15) is 0 Å². The van der Waals surface area contributed by atoms with Gasteiger partial charge in [-0.05, 0) is 78.0 Å². The highest BCUT2D eigenvalue weighted by molar-refractivity contribution is 6.25. The fraction of sp³-hybridized carbons (Fsp3) is 0. The average molecular weight is 537 g/mol. The molecule has 0 aliphatic rings. The van der Waals surface area contributed by atoms with Crippen molar-refractivity contribution < 1.29 is 9.52 Å². The molecule has 2 nitrogen and oxygen atoms in total. The quantitative estimate of drug-likeness (QED) is 0.223. The van der Waals surface area contributed by atoms with Gasteiger partial charge in [0, 0.05) is 16.3 Å². The molecule has 0 saturated carbocycles. The lowest BCUT2D eigenvalue weighted by Crippen LogP contribution is -1.90. The second kappa shape index (κ2) is 8.70. The predicted molar refractivity (Wildman–Crippen MR) is 176 cm³/mol. The van der Waals surface area contributed by atoms with Crippen LogP contribution in [0.15, 0.2) is 144 Å². The van der Waals surface area contributed by atoms with Crippen molar-refractivity contribution in [2.24, 2.45) is 0 Å². The lowest BCUT2D eigenvalue weighted by atomic mass is 9.86. The molecule has 0 saturated heterocycles. The van der Waals surface area contributed by atoms with Gasteiger partial charge in [0.1, 0.15) is 5.58 Å². The first-order valence-electron chi connectivity index (χ1n) is 14.3. The summed E-state index contributed by atoms with van der Waals surface area (Å²) in [6.45, 7) is 0. The highest BCUT2D eigenvalue weighted by atomic mass is 16.4. The predicted octanol–water partition coefficient (Wildman–Crippen LogP) is 11.2. The van der Waals surface area contributed by atoms with Crippen LogP contribution in [0.4, 0.5) is 0 Å². The number of hydrogen-bond donors (Lipinski definition) is 1. The van der Waals surface area contributed by atoms with Crippen molar-refractivity contribution in [3.63, 3.8) is 0 Å². The average Bonchev–Trinajstić information content (AvgIpc) is 3.44. The van der Waals surface area contributed by atoms with Crippen molar-refractivity contribution in [3.8, 4) is 28.0 Å². The molecule has 0 bridgehead atoms. The molecule has 42 heavy (non-hydrogen) atoms. The van der Waals surface area contributed by atoms with Gasteiger partial charge in [-0.25, -0.2) is 0 Å². The van der Waals surface area contributed by atoms with Gasteiger partial charge in [0.05, 0.1) is 0 Å². The van der Waals surface area contributed by atoms with E-state index in [0.717, 1.165) is 27.5 Å². The summed E-state index contributed by atoms with van der Waals surface area (Å²) in [6.07, 6.45) is 0. The Morgan fingerprint density at radius 1 is 0.333 bits per heavy atom. The molecule has 196 valence electrons. The van der Waals surface area contributed by atoms with Crippen molar-refractivity contribution in [1.29, 1.82) is 0 Å². The van der Waals surface area contributed by atoms with E-state index in [1.165, 1.54) is 54.2 Å². The monoisotopic (exact) mass is 536 g/mol. The molecular formula is C40H24O2. The van der Waals surface area contributed by atoms with E-state index in [4.69, 9.17) is 4.42 Å². The van der Waals surface area contributed by atoms with Crippen LogP contribution in [0.5, 0.6) is 5.75 Å². The summed E-state index contributed by atoms with van der Waals surface area (Å²) in [5.41, 5.74) is 5.92. The van der Waals surface area contributed by atoms with Gasteiger partial charge in [-0.2, -0.15) is 0 Å². The molecule has 1 aromatic heterocycles. The van der Waals surface area contributed by atoms with Gasteiger partial charge in [0.2, 0.25) is 0 Å². The number of fused-ring (bicyclic) bond motifs is 9. The lowest BCUT2D eigenvalue weighted by Gasteiger charge is -2.17. The molecule has 8 aromatic carbocycles. The number of rotatable bonds is 2. The third kappa shape index (κ3) is 3.21. The van der Waals surface area contributed by atoms with E-state index in [1.54, 1.807) is 6.07 Å². The summed E-state index contributed by atoms with van der Waals surface area (Å²) >= 11 is 0. The molecule has 0 amide bonds. The zero-order valence-electron chi connectivity index (χ0n) is 22.6. The minimum Gasteiger partial charge on any atom is -0.504 e. The second-order valence-electron chi connectivity index (χ2n) is 11.0. The highest BCUT2D eigenvalue weighted by Gasteiger charge is 2.19. The Hall–Kier alpha value is -5.60. The third-order valence-electron chi connectivity index (χ3n) is 8.76. The normalized spacial score (nSPS) is 11.9. The van der Waals surface area contributed by atoms with Gasteiger partial charge in [-0.1, -0.05) is 121 Å². The Kier molecular flexibility index (Phi) is 4.79. The minimum absolute atomic E-state index is 0.157. The minimum atomic E-state index is 0.157. The van der Waals surface area contributed by atoms with Crippen LogP contribution in [0.2, 0.25) is 0 Å². The summed E-state index contributed by atoms with van der Waals surface area (Å²) < 4.78 is 6.39. The molecule has 1 heterocycles. The maximum atomic E-state index is 10.6. The highest BCUT2D eigenvalue weighted by Crippen LogP contribution is 2.45. The van der Waals surface area contributed by atoms with Crippen molar-refractivity contribution in [1.82, 2.24) is 0 Å². The maximum absolute atomic E-state index is 10.6. The molecule has 1 N–H and O–H groups in total. The number of phenolic OH excluding ortho intramolecular Hbond substituents is 1. The molecule has 9 rings (SSSR count). The van der Waals surface area contributed by atoms with Crippen LogP contribution in [0, 0.1) is 0 Å². The summed E-state index contributed by atoms with van der Waals surface area (Å²) in [6, 6.07) is 49.1. The van der Waals surface area contributed by atoms with Crippen molar-refractivity contribution in [2.75, 3.05) is 0 Å². The van der Waals surface area contributed by atoms with Gasteiger partial charge in [0.15, 0.2) is 11.3 Å². The zero-order chi connectivity index (χ0) is 27.8. The van der Waals surface area contributed by atoms with Gasteiger partial charge < -0.3 is 9.52 Å². The van der Waals surface area contributed by atoms with Crippen LogP contribution in [0.3, 0.4) is 0 Å². The largest absolute Gasteiger partial charge is 0.504 e. The number of furan rings is 1. The van der Waals surface area contributed by atoms with E-state index in [0.29, 0.717) is 5.58 Å². The lowest BCUT2D eigenvalue weighted by molar-refractivity contribution is 0.469. The maximum Gasteiger partial charge on any atom is 0.177 e. The topological polar surface area (TPSA) is 33.4 Å². The van der Waals surface area contributed by atoms with Crippen LogP contribution >= 0.6 is 0 Å². The molecule has 0 spiro atoms. The number of hydrogen-bond acceptors (Lipinski definition) is 2. The number of para-hydroxylation sites is 2. The van der Waals surface area contributed by atoms with Crippen molar-refractivity contribution in [2.45, 2.75) is 0 Å². The van der Waals surface area contributed by atoms with E-state index < -0.39 is 0 Å². The molecule has 0 unspecified atom stereocenters. The van der Waals surface area contributed by atoms with Gasteiger partial charge >= 0.3 is 0 Å². The summed E-state index contributed by atoms with van der Waals surface area (Å²) in [5.74, 6) is 0.157. The van der Waals surface area contributed by atoms with Crippen molar-refractivity contribution in [3.05, 3.63) is 140 Å². The fourth-order valence-electron chi connectivity index (χ4n) is 6.87. The van der Waals surface area contributed by atoms with E-state index in [1.807, 2.05) is 12.1 Å². The SMILES string of the molecule is Oc1cccc2c1oc1c(-c3cc4c5ccccc5c(-c5cccc6ccccc56)cc4c4ccccc34)cccc12. The van der Waals surface area contributed by atoms with Crippen LogP contribution in [0.25, 0.3) is 87.3 Å². The van der Waals surface area contributed by atoms with E-state index in [9.17, 15) is 5.11 Å². The smallest absolute Gasteiger partial charge is 0.177 e. The zero-order valence-corrected chi connectivity index (χ0v) is 22.6. The Morgan fingerprint density at radius 2 is 0.810 bits per heavy atom. The molecule has 0 fully saturated rings. The van der Waals surface area contributed by atoms with Crippen LogP contribution in [-0.2, 0) is 0 Å². The van der Waals surface area contributed by atoms with E-state index >= 15 is 0 Å². The summed E-state index contributed by atoms with van der Waals surface area (Å²) in [5, 5.41) is 22.2. The standard InChI is InChI=1S/C40H24O2/c41-38-21-9-20-32-31-18-8-19-33(39(31)42-40(32)38)35-23-37-29-15-5-3-13-27(29)34(22-36(37)30-16-6-4-14-28(30)35)26-17-7-11-24-10-1-2-12-25(24)26/h1-23,41H. The van der Waals surface area contributed by atoms with Crippen LogP contribution < -0.4 is 0 Å². The Morgan fingerprint density at radius 3 is 1.52 bits per heavy atom. The first-order chi connectivity index (χ1) is 20.8. The Balaban J connectivity index is 1.43. The Labute approximate surface area is 241 Å². The van der Waals surface area contributed by atoms with Crippen LogP contribution in [-0.4, -0.2) is 5.11 Å². The van der Waals surface area contributed by atoms with Gasteiger partial charge in [-0.15, -0.1) is 0 Å². The summed E-state index contributed by atoms with van der Waals surface area (Å²) in [7, 11) is 0. The number of phenols is 1. The molecular weight excluding hydrogens is 512 g/mol. The van der Waals surface area contributed by atoms with Gasteiger partial charge in [-0.3, -0.25) is 0 Å². The number of benzene rings is 8. The first-order valence-corrected chi connectivity index (χ1v) is 14.3. The fourth-order valence-corrected chi connectivity index (χ4v) is 6.87. The van der Waals surface area contributed by atoms with Gasteiger partial charge in [0.25, 0.3) is 0 Å². The molecule has 0 aliphatic heterocycles. The first kappa shape index (κ1) is 23.1. The van der Waals surface area contributed by atoms with E-state index in [-0.39, 0.29) is 5.75 Å². The van der Waals surface area contributed by atoms with E-state index in [2.05, 4.69) is 121 Å². The molecule has 9 aromatic rings. The third-order valence-corrected chi connectivity index (χ3v) is 8.76.